The van der Waals surface area contributed by atoms with E-state index >= 15 is 0 Å². The second kappa shape index (κ2) is 5.88. The van der Waals surface area contributed by atoms with Gasteiger partial charge in [-0.2, -0.15) is 5.26 Å². The third-order valence-corrected chi connectivity index (χ3v) is 2.67. The van der Waals surface area contributed by atoms with Gasteiger partial charge >= 0.3 is 0 Å². The van der Waals surface area contributed by atoms with Crippen LogP contribution in [0.1, 0.15) is 18.9 Å². The van der Waals surface area contributed by atoms with Crippen LogP contribution in [0.4, 0.5) is 0 Å². The summed E-state index contributed by atoms with van der Waals surface area (Å²) in [7, 11) is 0. The van der Waals surface area contributed by atoms with Gasteiger partial charge in [-0.05, 0) is 41.8 Å². The minimum atomic E-state index is 0.682. The van der Waals surface area contributed by atoms with E-state index in [1.807, 2.05) is 48.5 Å². The largest absolute Gasteiger partial charge is 0.494 e. The Morgan fingerprint density at radius 3 is 2.00 bits per heavy atom. The molecule has 0 atom stereocenters. The van der Waals surface area contributed by atoms with Gasteiger partial charge in [-0.1, -0.05) is 31.2 Å². The van der Waals surface area contributed by atoms with E-state index in [9.17, 15) is 0 Å². The van der Waals surface area contributed by atoms with E-state index in [-0.39, 0.29) is 0 Å². The minimum Gasteiger partial charge on any atom is -0.494 e. The molecule has 2 rings (SSSR count). The fraction of sp³-hybridized carbons (Fsp3) is 0.188. The number of benzene rings is 2. The lowest BCUT2D eigenvalue weighted by Crippen LogP contribution is -1.94. The molecule has 0 amide bonds. The predicted molar refractivity (Wildman–Crippen MR) is 72.4 cm³/mol. The molecule has 2 heteroatoms. The van der Waals surface area contributed by atoms with Gasteiger partial charge < -0.3 is 4.74 Å². The van der Waals surface area contributed by atoms with Crippen molar-refractivity contribution in [3.05, 3.63) is 54.1 Å². The highest BCUT2D eigenvalue weighted by molar-refractivity contribution is 5.64. The Balaban J connectivity index is 2.15. The van der Waals surface area contributed by atoms with Crippen molar-refractivity contribution < 1.29 is 4.74 Å². The fourth-order valence-corrected chi connectivity index (χ4v) is 1.70. The molecule has 0 heterocycles. The Labute approximate surface area is 107 Å². The molecule has 0 aromatic heterocycles. The van der Waals surface area contributed by atoms with Gasteiger partial charge in [0, 0.05) is 0 Å². The van der Waals surface area contributed by atoms with Crippen molar-refractivity contribution in [2.24, 2.45) is 0 Å². The Kier molecular flexibility index (Phi) is 3.98. The van der Waals surface area contributed by atoms with E-state index in [0.717, 1.165) is 29.9 Å². The number of rotatable bonds is 4. The summed E-state index contributed by atoms with van der Waals surface area (Å²) in [4.78, 5) is 0. The van der Waals surface area contributed by atoms with Crippen molar-refractivity contribution >= 4 is 0 Å². The molecular formula is C16H15NO. The lowest BCUT2D eigenvalue weighted by molar-refractivity contribution is 0.317. The van der Waals surface area contributed by atoms with E-state index in [1.165, 1.54) is 0 Å². The summed E-state index contributed by atoms with van der Waals surface area (Å²) in [5.74, 6) is 0.897. The average Bonchev–Trinajstić information content (AvgIpc) is 2.46. The first kappa shape index (κ1) is 12.2. The molecule has 0 N–H and O–H groups in total. The highest BCUT2D eigenvalue weighted by Crippen LogP contribution is 2.22. The predicted octanol–water partition coefficient (Wildman–Crippen LogP) is 4.01. The van der Waals surface area contributed by atoms with Crippen LogP contribution >= 0.6 is 0 Å². The summed E-state index contributed by atoms with van der Waals surface area (Å²) in [5.41, 5.74) is 2.92. The topological polar surface area (TPSA) is 33.0 Å². The number of hydrogen-bond donors (Lipinski definition) is 0. The Hall–Kier alpha value is -2.27. The normalized spacial score (nSPS) is 9.78. The molecular weight excluding hydrogens is 222 g/mol. The van der Waals surface area contributed by atoms with Crippen LogP contribution in [0.5, 0.6) is 5.75 Å². The van der Waals surface area contributed by atoms with Gasteiger partial charge in [0.1, 0.15) is 5.75 Å². The van der Waals surface area contributed by atoms with Gasteiger partial charge in [-0.25, -0.2) is 0 Å². The standard InChI is InChI=1S/C16H15NO/c1-2-11-18-16-9-7-15(8-10-16)14-5-3-13(12-17)4-6-14/h3-10H,2,11H2,1H3. The first-order valence-electron chi connectivity index (χ1n) is 6.07. The molecule has 0 aliphatic rings. The molecule has 2 nitrogen and oxygen atoms in total. The quantitative estimate of drug-likeness (QED) is 0.804. The van der Waals surface area contributed by atoms with Crippen molar-refractivity contribution in [1.29, 1.82) is 5.26 Å². The molecule has 0 saturated heterocycles. The summed E-state index contributed by atoms with van der Waals surface area (Å²) in [5, 5.41) is 8.75. The number of hydrogen-bond acceptors (Lipinski definition) is 2. The van der Waals surface area contributed by atoms with Crippen LogP contribution < -0.4 is 4.74 Å². The Morgan fingerprint density at radius 1 is 0.944 bits per heavy atom. The van der Waals surface area contributed by atoms with Crippen molar-refractivity contribution in [2.75, 3.05) is 6.61 Å². The third kappa shape index (κ3) is 2.89. The Bertz CT molecular complexity index is 535. The molecule has 0 radical (unpaired) electrons. The maximum Gasteiger partial charge on any atom is 0.119 e. The summed E-state index contributed by atoms with van der Waals surface area (Å²) < 4.78 is 5.54. The maximum atomic E-state index is 8.75. The van der Waals surface area contributed by atoms with Crippen LogP contribution in [0.3, 0.4) is 0 Å². The zero-order valence-electron chi connectivity index (χ0n) is 10.4. The first-order valence-corrected chi connectivity index (χ1v) is 6.07. The van der Waals surface area contributed by atoms with Crippen LogP contribution in [0, 0.1) is 11.3 Å². The molecule has 0 fully saturated rings. The number of nitrogens with zero attached hydrogens (tertiary/aromatic N) is 1. The highest BCUT2D eigenvalue weighted by Gasteiger charge is 1.99. The van der Waals surface area contributed by atoms with Gasteiger partial charge in [0.2, 0.25) is 0 Å². The molecule has 90 valence electrons. The SMILES string of the molecule is CCCOc1ccc(-c2ccc(C#N)cc2)cc1. The molecule has 0 spiro atoms. The maximum absolute atomic E-state index is 8.75. The summed E-state index contributed by atoms with van der Waals surface area (Å²) in [6.45, 7) is 2.83. The highest BCUT2D eigenvalue weighted by atomic mass is 16.5. The van der Waals surface area contributed by atoms with E-state index in [4.69, 9.17) is 10.00 Å². The minimum absolute atomic E-state index is 0.682. The molecule has 2 aromatic carbocycles. The third-order valence-electron chi connectivity index (χ3n) is 2.67. The zero-order chi connectivity index (χ0) is 12.8. The van der Waals surface area contributed by atoms with Crippen LogP contribution in [0.15, 0.2) is 48.5 Å². The van der Waals surface area contributed by atoms with Gasteiger partial charge in [0.15, 0.2) is 0 Å². The molecule has 0 bridgehead atoms. The van der Waals surface area contributed by atoms with Crippen molar-refractivity contribution in [2.45, 2.75) is 13.3 Å². The second-order valence-corrected chi connectivity index (χ2v) is 4.06. The van der Waals surface area contributed by atoms with Crippen LogP contribution in [-0.2, 0) is 0 Å². The van der Waals surface area contributed by atoms with E-state index in [0.29, 0.717) is 5.56 Å². The van der Waals surface area contributed by atoms with E-state index in [2.05, 4.69) is 13.0 Å². The molecule has 2 aromatic rings. The van der Waals surface area contributed by atoms with E-state index in [1.54, 1.807) is 0 Å². The monoisotopic (exact) mass is 237 g/mol. The van der Waals surface area contributed by atoms with Gasteiger partial charge in [0.25, 0.3) is 0 Å². The zero-order valence-corrected chi connectivity index (χ0v) is 10.4. The van der Waals surface area contributed by atoms with Crippen molar-refractivity contribution in [3.63, 3.8) is 0 Å². The summed E-state index contributed by atoms with van der Waals surface area (Å²) in [6, 6.07) is 17.7. The van der Waals surface area contributed by atoms with Crippen LogP contribution in [0.2, 0.25) is 0 Å². The van der Waals surface area contributed by atoms with Gasteiger partial charge in [-0.15, -0.1) is 0 Å². The molecule has 0 saturated carbocycles. The van der Waals surface area contributed by atoms with Crippen LogP contribution in [0.25, 0.3) is 11.1 Å². The fourth-order valence-electron chi connectivity index (χ4n) is 1.70. The van der Waals surface area contributed by atoms with Crippen LogP contribution in [-0.4, -0.2) is 6.61 Å². The summed E-state index contributed by atoms with van der Waals surface area (Å²) >= 11 is 0. The lowest BCUT2D eigenvalue weighted by Gasteiger charge is -2.06. The smallest absolute Gasteiger partial charge is 0.119 e. The number of ether oxygens (including phenoxy) is 1. The van der Waals surface area contributed by atoms with Crippen molar-refractivity contribution in [3.8, 4) is 22.9 Å². The van der Waals surface area contributed by atoms with Crippen molar-refractivity contribution in [1.82, 2.24) is 0 Å². The Morgan fingerprint density at radius 2 is 1.50 bits per heavy atom. The average molecular weight is 237 g/mol. The lowest BCUT2D eigenvalue weighted by atomic mass is 10.0. The molecule has 0 aliphatic heterocycles. The molecule has 0 aliphatic carbocycles. The molecule has 18 heavy (non-hydrogen) atoms. The molecule has 0 unspecified atom stereocenters. The second-order valence-electron chi connectivity index (χ2n) is 4.06. The van der Waals surface area contributed by atoms with E-state index < -0.39 is 0 Å². The van der Waals surface area contributed by atoms with Gasteiger partial charge in [-0.3, -0.25) is 0 Å². The first-order chi connectivity index (χ1) is 8.83. The summed E-state index contributed by atoms with van der Waals surface area (Å²) in [6.07, 6.45) is 1.01. The number of nitriles is 1. The van der Waals surface area contributed by atoms with Gasteiger partial charge in [0.05, 0.1) is 18.2 Å².